The molecule has 1 atom stereocenters. The second-order valence-corrected chi connectivity index (χ2v) is 8.19. The first-order valence-corrected chi connectivity index (χ1v) is 9.95. The first-order valence-electron chi connectivity index (χ1n) is 9.95. The van der Waals surface area contributed by atoms with E-state index in [0.717, 1.165) is 49.1 Å². The van der Waals surface area contributed by atoms with Gasteiger partial charge in [-0.3, -0.25) is 4.79 Å². The average molecular weight is 376 g/mol. The van der Waals surface area contributed by atoms with E-state index in [0.29, 0.717) is 12.1 Å². The fraction of sp³-hybridized carbons (Fsp3) is 0.750. The van der Waals surface area contributed by atoms with Gasteiger partial charge in [0.15, 0.2) is 0 Å². The molecule has 7 heteroatoms. The number of methoxy groups -OCH3 is 1. The molecule has 0 spiro atoms. The predicted molar refractivity (Wildman–Crippen MR) is 106 cm³/mol. The number of aryl methyl sites for hydroxylation is 1. The number of hydrogen-bond donors (Lipinski definition) is 1. The third-order valence-electron chi connectivity index (χ3n) is 5.89. The molecule has 1 aliphatic carbocycles. The van der Waals surface area contributed by atoms with Crippen LogP contribution in [0.3, 0.4) is 0 Å². The SMILES string of the molecule is COCCC1CC(N[C@@H]2CCN(c3nc(C(=O)N(C)C)nc(C)c3C)C2)C1. The molecule has 1 saturated carbocycles. The summed E-state index contributed by atoms with van der Waals surface area (Å²) in [4.78, 5) is 25.1. The second kappa shape index (κ2) is 8.52. The van der Waals surface area contributed by atoms with Crippen molar-refractivity contribution in [1.82, 2.24) is 20.2 Å². The minimum atomic E-state index is -0.148. The number of hydrogen-bond acceptors (Lipinski definition) is 6. The van der Waals surface area contributed by atoms with Crippen LogP contribution in [0.15, 0.2) is 0 Å². The Balaban J connectivity index is 1.59. The Labute approximate surface area is 162 Å². The molecule has 2 fully saturated rings. The smallest absolute Gasteiger partial charge is 0.291 e. The van der Waals surface area contributed by atoms with E-state index in [2.05, 4.69) is 20.2 Å². The molecule has 1 saturated heterocycles. The fourth-order valence-corrected chi connectivity index (χ4v) is 4.03. The van der Waals surface area contributed by atoms with Gasteiger partial charge in [-0.2, -0.15) is 0 Å². The average Bonchev–Trinajstić information content (AvgIpc) is 3.06. The minimum Gasteiger partial charge on any atom is -0.385 e. The molecule has 0 unspecified atom stereocenters. The molecule has 0 aromatic carbocycles. The molecule has 27 heavy (non-hydrogen) atoms. The van der Waals surface area contributed by atoms with Crippen LogP contribution in [0.25, 0.3) is 0 Å². The molecule has 1 N–H and O–H groups in total. The maximum absolute atomic E-state index is 12.3. The van der Waals surface area contributed by atoms with E-state index in [1.165, 1.54) is 24.2 Å². The van der Waals surface area contributed by atoms with Crippen LogP contribution < -0.4 is 10.2 Å². The van der Waals surface area contributed by atoms with E-state index in [9.17, 15) is 4.79 Å². The first kappa shape index (κ1) is 20.0. The Hall–Kier alpha value is -1.73. The highest BCUT2D eigenvalue weighted by Crippen LogP contribution is 2.32. The van der Waals surface area contributed by atoms with Crippen LogP contribution in [-0.4, -0.2) is 73.8 Å². The number of rotatable bonds is 7. The Morgan fingerprint density at radius 1 is 1.26 bits per heavy atom. The number of carbonyl (C=O) groups is 1. The summed E-state index contributed by atoms with van der Waals surface area (Å²) in [6.45, 7) is 6.76. The molecular weight excluding hydrogens is 342 g/mol. The summed E-state index contributed by atoms with van der Waals surface area (Å²) in [5.74, 6) is 1.86. The predicted octanol–water partition coefficient (Wildman–Crippen LogP) is 1.78. The van der Waals surface area contributed by atoms with Crippen LogP contribution in [0.1, 0.15) is 47.6 Å². The molecule has 2 aliphatic rings. The first-order chi connectivity index (χ1) is 12.9. The molecular formula is C20H33N5O2. The number of nitrogens with one attached hydrogen (secondary N) is 1. The molecule has 1 aliphatic heterocycles. The molecule has 1 aromatic rings. The normalized spacial score (nSPS) is 24.8. The van der Waals surface area contributed by atoms with Crippen molar-refractivity contribution in [1.29, 1.82) is 0 Å². The van der Waals surface area contributed by atoms with Crippen LogP contribution in [-0.2, 0) is 4.74 Å². The fourth-order valence-electron chi connectivity index (χ4n) is 4.03. The van der Waals surface area contributed by atoms with Gasteiger partial charge in [-0.25, -0.2) is 9.97 Å². The Morgan fingerprint density at radius 2 is 2.00 bits per heavy atom. The second-order valence-electron chi connectivity index (χ2n) is 8.19. The zero-order chi connectivity index (χ0) is 19.6. The van der Waals surface area contributed by atoms with E-state index in [1.807, 2.05) is 13.8 Å². The van der Waals surface area contributed by atoms with Gasteiger partial charge in [0.25, 0.3) is 5.91 Å². The Morgan fingerprint density at radius 3 is 2.67 bits per heavy atom. The summed E-state index contributed by atoms with van der Waals surface area (Å²) >= 11 is 0. The van der Waals surface area contributed by atoms with Gasteiger partial charge in [0, 0.05) is 64.2 Å². The standard InChI is InChI=1S/C20H33N5O2/c1-13-14(2)21-18(20(26)24(3)4)23-19(13)25-8-6-16(12-25)22-17-10-15(11-17)7-9-27-5/h15-17,22H,6-12H2,1-5H3/t15?,16-,17?/m1/s1. The highest BCUT2D eigenvalue weighted by Gasteiger charge is 2.33. The van der Waals surface area contributed by atoms with Crippen molar-refractivity contribution in [3.63, 3.8) is 0 Å². The van der Waals surface area contributed by atoms with Gasteiger partial charge < -0.3 is 19.9 Å². The molecule has 1 amide bonds. The highest BCUT2D eigenvalue weighted by molar-refractivity contribution is 5.90. The van der Waals surface area contributed by atoms with E-state index >= 15 is 0 Å². The van der Waals surface area contributed by atoms with Crippen LogP contribution in [0.2, 0.25) is 0 Å². The monoisotopic (exact) mass is 375 g/mol. The third kappa shape index (κ3) is 4.58. The number of amides is 1. The van der Waals surface area contributed by atoms with Crippen molar-refractivity contribution in [3.8, 4) is 0 Å². The van der Waals surface area contributed by atoms with E-state index in [4.69, 9.17) is 4.74 Å². The van der Waals surface area contributed by atoms with Gasteiger partial charge in [0.2, 0.25) is 5.82 Å². The summed E-state index contributed by atoms with van der Waals surface area (Å²) in [6.07, 6.45) is 4.80. The molecule has 7 nitrogen and oxygen atoms in total. The molecule has 3 rings (SSSR count). The highest BCUT2D eigenvalue weighted by atomic mass is 16.5. The molecule has 150 valence electrons. The summed E-state index contributed by atoms with van der Waals surface area (Å²) in [5, 5.41) is 3.81. The van der Waals surface area contributed by atoms with Crippen LogP contribution in [0.4, 0.5) is 5.82 Å². The largest absolute Gasteiger partial charge is 0.385 e. The van der Waals surface area contributed by atoms with Gasteiger partial charge in [-0.1, -0.05) is 0 Å². The van der Waals surface area contributed by atoms with Gasteiger partial charge in [0.1, 0.15) is 5.82 Å². The molecule has 2 heterocycles. The lowest BCUT2D eigenvalue weighted by atomic mass is 9.78. The van der Waals surface area contributed by atoms with Gasteiger partial charge in [-0.15, -0.1) is 0 Å². The number of carbonyl (C=O) groups excluding carboxylic acids is 1. The lowest BCUT2D eigenvalue weighted by molar-refractivity contribution is 0.0815. The van der Waals surface area contributed by atoms with Crippen LogP contribution in [0, 0.1) is 19.8 Å². The molecule has 1 aromatic heterocycles. The third-order valence-corrected chi connectivity index (χ3v) is 5.89. The maximum atomic E-state index is 12.3. The maximum Gasteiger partial charge on any atom is 0.291 e. The van der Waals surface area contributed by atoms with Crippen molar-refractivity contribution in [2.75, 3.05) is 45.8 Å². The number of nitrogens with zero attached hydrogens (tertiary/aromatic N) is 4. The quantitative estimate of drug-likeness (QED) is 0.783. The van der Waals surface area contributed by atoms with Crippen molar-refractivity contribution in [2.45, 2.75) is 51.6 Å². The minimum absolute atomic E-state index is 0.148. The molecule has 0 radical (unpaired) electrons. The van der Waals surface area contributed by atoms with E-state index in [-0.39, 0.29) is 11.7 Å². The van der Waals surface area contributed by atoms with E-state index in [1.54, 1.807) is 21.2 Å². The summed E-state index contributed by atoms with van der Waals surface area (Å²) < 4.78 is 5.18. The van der Waals surface area contributed by atoms with Crippen molar-refractivity contribution >= 4 is 11.7 Å². The van der Waals surface area contributed by atoms with Crippen LogP contribution in [0.5, 0.6) is 0 Å². The number of anilines is 1. The van der Waals surface area contributed by atoms with Crippen molar-refractivity contribution in [2.24, 2.45) is 5.92 Å². The number of ether oxygens (including phenoxy) is 1. The zero-order valence-corrected chi connectivity index (χ0v) is 17.3. The van der Waals surface area contributed by atoms with Gasteiger partial charge in [-0.05, 0) is 45.4 Å². The number of aromatic nitrogens is 2. The van der Waals surface area contributed by atoms with Crippen molar-refractivity contribution in [3.05, 3.63) is 17.1 Å². The lowest BCUT2D eigenvalue weighted by Crippen LogP contribution is -2.47. The van der Waals surface area contributed by atoms with Crippen molar-refractivity contribution < 1.29 is 9.53 Å². The zero-order valence-electron chi connectivity index (χ0n) is 17.3. The van der Waals surface area contributed by atoms with Gasteiger partial charge in [0.05, 0.1) is 0 Å². The van der Waals surface area contributed by atoms with Gasteiger partial charge >= 0.3 is 0 Å². The summed E-state index contributed by atoms with van der Waals surface area (Å²) in [5.41, 5.74) is 1.94. The Kier molecular flexibility index (Phi) is 6.32. The Bertz CT molecular complexity index is 673. The lowest BCUT2D eigenvalue weighted by Gasteiger charge is -2.37. The topological polar surface area (TPSA) is 70.6 Å². The van der Waals surface area contributed by atoms with E-state index < -0.39 is 0 Å². The summed E-state index contributed by atoms with van der Waals surface area (Å²) in [7, 11) is 5.24. The summed E-state index contributed by atoms with van der Waals surface area (Å²) in [6, 6.07) is 1.12. The van der Waals surface area contributed by atoms with Crippen LogP contribution >= 0.6 is 0 Å². The molecule has 0 bridgehead atoms.